The lowest BCUT2D eigenvalue weighted by Gasteiger charge is -2.31. The SMILES string of the molecule is O=C(c1ccc(O)cc1)C1CCN(C(=O)CCCc2nc3ccccc3c(=O)[nH]2)CC1. The van der Waals surface area contributed by atoms with Gasteiger partial charge < -0.3 is 15.0 Å². The third-order valence-corrected chi connectivity index (χ3v) is 5.84. The van der Waals surface area contributed by atoms with Crippen molar-refractivity contribution in [2.24, 2.45) is 5.92 Å². The van der Waals surface area contributed by atoms with Crippen molar-refractivity contribution in [3.63, 3.8) is 0 Å². The molecule has 1 aliphatic heterocycles. The molecule has 0 unspecified atom stereocenters. The highest BCUT2D eigenvalue weighted by atomic mass is 16.3. The van der Waals surface area contributed by atoms with Gasteiger partial charge in [-0.15, -0.1) is 0 Å². The number of aromatic amines is 1. The number of phenolic OH excluding ortho intramolecular Hbond substituents is 1. The molecule has 2 N–H and O–H groups in total. The van der Waals surface area contributed by atoms with Gasteiger partial charge in [-0.3, -0.25) is 14.4 Å². The van der Waals surface area contributed by atoms with Crippen LogP contribution in [0.2, 0.25) is 0 Å². The molecule has 0 saturated carbocycles. The molecule has 2 heterocycles. The Labute approximate surface area is 179 Å². The Kier molecular flexibility index (Phi) is 6.11. The molecule has 1 amide bonds. The molecule has 0 aliphatic carbocycles. The van der Waals surface area contributed by atoms with Gasteiger partial charge in [-0.2, -0.15) is 0 Å². The zero-order valence-electron chi connectivity index (χ0n) is 17.2. The molecule has 0 spiro atoms. The average molecular weight is 419 g/mol. The van der Waals surface area contributed by atoms with Crippen molar-refractivity contribution in [3.8, 4) is 5.75 Å². The van der Waals surface area contributed by atoms with Crippen LogP contribution in [0.25, 0.3) is 10.9 Å². The van der Waals surface area contributed by atoms with E-state index in [2.05, 4.69) is 9.97 Å². The van der Waals surface area contributed by atoms with Gasteiger partial charge in [-0.1, -0.05) is 12.1 Å². The summed E-state index contributed by atoms with van der Waals surface area (Å²) in [6, 6.07) is 13.5. The van der Waals surface area contributed by atoms with Crippen LogP contribution in [0.1, 0.15) is 41.9 Å². The van der Waals surface area contributed by atoms with Gasteiger partial charge in [0.2, 0.25) is 5.91 Å². The van der Waals surface area contributed by atoms with E-state index in [0.29, 0.717) is 67.5 Å². The number of likely N-dealkylation sites (tertiary alicyclic amines) is 1. The van der Waals surface area contributed by atoms with Crippen LogP contribution < -0.4 is 5.56 Å². The molecule has 3 aromatic rings. The van der Waals surface area contributed by atoms with Gasteiger partial charge >= 0.3 is 0 Å². The summed E-state index contributed by atoms with van der Waals surface area (Å²) in [5, 5.41) is 9.93. The normalized spacial score (nSPS) is 14.6. The van der Waals surface area contributed by atoms with Crippen LogP contribution in [0.3, 0.4) is 0 Å². The lowest BCUT2D eigenvalue weighted by atomic mass is 9.88. The second-order valence-corrected chi connectivity index (χ2v) is 7.95. The van der Waals surface area contributed by atoms with Crippen LogP contribution in [-0.4, -0.2) is 44.8 Å². The van der Waals surface area contributed by atoms with Crippen LogP contribution >= 0.6 is 0 Å². The second-order valence-electron chi connectivity index (χ2n) is 7.95. The van der Waals surface area contributed by atoms with E-state index < -0.39 is 0 Å². The van der Waals surface area contributed by atoms with Crippen molar-refractivity contribution >= 4 is 22.6 Å². The number of hydrogen-bond acceptors (Lipinski definition) is 5. The van der Waals surface area contributed by atoms with E-state index >= 15 is 0 Å². The van der Waals surface area contributed by atoms with Crippen molar-refractivity contribution in [1.82, 2.24) is 14.9 Å². The minimum absolute atomic E-state index is 0.0680. The smallest absolute Gasteiger partial charge is 0.258 e. The number of nitrogens with zero attached hydrogens (tertiary/aromatic N) is 2. The second kappa shape index (κ2) is 9.12. The molecule has 1 fully saturated rings. The largest absolute Gasteiger partial charge is 0.508 e. The fourth-order valence-electron chi connectivity index (χ4n) is 4.07. The molecule has 1 aromatic heterocycles. The number of aromatic nitrogens is 2. The molecule has 0 atom stereocenters. The lowest BCUT2D eigenvalue weighted by molar-refractivity contribution is -0.132. The van der Waals surface area contributed by atoms with Crippen molar-refractivity contribution in [1.29, 1.82) is 0 Å². The average Bonchev–Trinajstić information content (AvgIpc) is 2.79. The first kappa shape index (κ1) is 20.8. The summed E-state index contributed by atoms with van der Waals surface area (Å²) in [5.41, 5.74) is 1.10. The van der Waals surface area contributed by atoms with Gasteiger partial charge in [0, 0.05) is 37.4 Å². The molecule has 160 valence electrons. The summed E-state index contributed by atoms with van der Waals surface area (Å²) >= 11 is 0. The van der Waals surface area contributed by atoms with E-state index in [1.807, 2.05) is 17.0 Å². The number of phenols is 1. The monoisotopic (exact) mass is 419 g/mol. The number of amides is 1. The highest BCUT2D eigenvalue weighted by molar-refractivity contribution is 5.98. The van der Waals surface area contributed by atoms with Crippen LogP contribution in [0.4, 0.5) is 0 Å². The fourth-order valence-corrected chi connectivity index (χ4v) is 4.07. The Morgan fingerprint density at radius 2 is 1.77 bits per heavy atom. The molecule has 4 rings (SSSR count). The van der Waals surface area contributed by atoms with Crippen LogP contribution in [0.5, 0.6) is 5.75 Å². The van der Waals surface area contributed by atoms with Crippen molar-refractivity contribution in [3.05, 3.63) is 70.3 Å². The fraction of sp³-hybridized carbons (Fsp3) is 0.333. The van der Waals surface area contributed by atoms with Gasteiger partial charge in [-0.25, -0.2) is 4.98 Å². The minimum atomic E-state index is -0.160. The van der Waals surface area contributed by atoms with Gasteiger partial charge in [0.05, 0.1) is 10.9 Å². The van der Waals surface area contributed by atoms with Crippen LogP contribution in [0.15, 0.2) is 53.3 Å². The number of para-hydroxylation sites is 1. The third-order valence-electron chi connectivity index (χ3n) is 5.84. The molecule has 1 saturated heterocycles. The van der Waals surface area contributed by atoms with E-state index in [4.69, 9.17) is 0 Å². The Balaban J connectivity index is 1.26. The van der Waals surface area contributed by atoms with E-state index in [0.717, 1.165) is 0 Å². The summed E-state index contributed by atoms with van der Waals surface area (Å²) in [7, 11) is 0. The number of carbonyl (C=O) groups excluding carboxylic acids is 2. The number of piperidine rings is 1. The molecular formula is C24H25N3O4. The maximum atomic E-state index is 12.6. The minimum Gasteiger partial charge on any atom is -0.508 e. The number of hydrogen-bond donors (Lipinski definition) is 2. The Bertz CT molecular complexity index is 1150. The lowest BCUT2D eigenvalue weighted by Crippen LogP contribution is -2.40. The first-order valence-electron chi connectivity index (χ1n) is 10.6. The zero-order chi connectivity index (χ0) is 21.8. The molecule has 1 aliphatic rings. The Hall–Kier alpha value is -3.48. The quantitative estimate of drug-likeness (QED) is 0.598. The van der Waals surface area contributed by atoms with Crippen LogP contribution in [0, 0.1) is 5.92 Å². The summed E-state index contributed by atoms with van der Waals surface area (Å²) in [5.74, 6) is 0.771. The topological polar surface area (TPSA) is 103 Å². The van der Waals surface area contributed by atoms with Gasteiger partial charge in [0.25, 0.3) is 5.56 Å². The molecule has 31 heavy (non-hydrogen) atoms. The van der Waals surface area contributed by atoms with E-state index in [-0.39, 0.29) is 28.9 Å². The Morgan fingerprint density at radius 1 is 1.06 bits per heavy atom. The van der Waals surface area contributed by atoms with Crippen LogP contribution in [-0.2, 0) is 11.2 Å². The number of Topliss-reactive ketones (excluding diaryl/α,β-unsaturated/α-hetero) is 1. The van der Waals surface area contributed by atoms with E-state index in [1.54, 1.807) is 24.3 Å². The molecule has 2 aromatic carbocycles. The number of nitrogens with one attached hydrogen (secondary N) is 1. The van der Waals surface area contributed by atoms with Crippen molar-refractivity contribution < 1.29 is 14.7 Å². The van der Waals surface area contributed by atoms with Gasteiger partial charge in [-0.05, 0) is 55.7 Å². The number of carbonyl (C=O) groups is 2. The van der Waals surface area contributed by atoms with Crippen molar-refractivity contribution in [2.75, 3.05) is 13.1 Å². The first-order chi connectivity index (χ1) is 15.0. The summed E-state index contributed by atoms with van der Waals surface area (Å²) in [6.45, 7) is 1.14. The standard InChI is InChI=1S/C24H25N3O4/c28-18-10-8-16(9-11-18)23(30)17-12-14-27(15-13-17)22(29)7-3-6-21-25-20-5-2-1-4-19(20)24(31)26-21/h1-2,4-5,8-11,17,28H,3,6-7,12-15H2,(H,25,26,31). The molecule has 0 bridgehead atoms. The zero-order valence-corrected chi connectivity index (χ0v) is 17.2. The summed E-state index contributed by atoms with van der Waals surface area (Å²) < 4.78 is 0. The predicted molar refractivity (Wildman–Crippen MR) is 117 cm³/mol. The van der Waals surface area contributed by atoms with Gasteiger partial charge in [0.1, 0.15) is 11.6 Å². The third kappa shape index (κ3) is 4.82. The molecule has 7 heteroatoms. The molecule has 7 nitrogen and oxygen atoms in total. The first-order valence-corrected chi connectivity index (χ1v) is 10.6. The summed E-state index contributed by atoms with van der Waals surface area (Å²) in [4.78, 5) is 46.4. The predicted octanol–water partition coefficient (Wildman–Crippen LogP) is 3.07. The molecular weight excluding hydrogens is 394 g/mol. The number of ketones is 1. The van der Waals surface area contributed by atoms with Crippen molar-refractivity contribution in [2.45, 2.75) is 32.1 Å². The highest BCUT2D eigenvalue weighted by Gasteiger charge is 2.27. The number of fused-ring (bicyclic) bond motifs is 1. The van der Waals surface area contributed by atoms with E-state index in [9.17, 15) is 19.5 Å². The molecule has 0 radical (unpaired) electrons. The number of benzene rings is 2. The number of aromatic hydroxyl groups is 1. The van der Waals surface area contributed by atoms with Gasteiger partial charge in [0.15, 0.2) is 5.78 Å². The number of aryl methyl sites for hydroxylation is 1. The van der Waals surface area contributed by atoms with E-state index in [1.165, 1.54) is 12.1 Å². The Morgan fingerprint density at radius 3 is 2.52 bits per heavy atom. The maximum Gasteiger partial charge on any atom is 0.258 e. The number of rotatable bonds is 6. The summed E-state index contributed by atoms with van der Waals surface area (Å²) in [6.07, 6.45) is 2.80. The number of H-pyrrole nitrogens is 1. The maximum absolute atomic E-state index is 12.6. The highest BCUT2D eigenvalue weighted by Crippen LogP contribution is 2.23.